The lowest BCUT2D eigenvalue weighted by Gasteiger charge is -2.09. The molecule has 2 rings (SSSR count). The van der Waals surface area contributed by atoms with Crippen molar-refractivity contribution in [2.45, 2.75) is 12.7 Å². The van der Waals surface area contributed by atoms with Crippen LogP contribution in [0.5, 0.6) is 0 Å². The zero-order chi connectivity index (χ0) is 12.3. The minimum Gasteiger partial charge on any atom is -0.305 e. The van der Waals surface area contributed by atoms with Gasteiger partial charge in [-0.3, -0.25) is 9.97 Å². The Labute approximate surface area is 95.7 Å². The van der Waals surface area contributed by atoms with Crippen LogP contribution in [0, 0.1) is 0 Å². The quantitative estimate of drug-likeness (QED) is 0.895. The number of hydrogen-bond acceptors (Lipinski definition) is 3. The van der Waals surface area contributed by atoms with E-state index < -0.39 is 12.7 Å². The standard InChI is InChI=1S/C11H10F3N3/c12-11(13,14)7-15-6-8-2-1-3-9-10(8)17-5-4-16-9/h1-5,15H,6-7H2. The summed E-state index contributed by atoms with van der Waals surface area (Å²) in [5, 5.41) is 2.34. The highest BCUT2D eigenvalue weighted by molar-refractivity contribution is 5.77. The molecule has 3 nitrogen and oxygen atoms in total. The Kier molecular flexibility index (Phi) is 3.23. The van der Waals surface area contributed by atoms with E-state index in [1.54, 1.807) is 24.4 Å². The van der Waals surface area contributed by atoms with Crippen LogP contribution in [0.2, 0.25) is 0 Å². The van der Waals surface area contributed by atoms with Crippen molar-refractivity contribution in [3.05, 3.63) is 36.2 Å². The van der Waals surface area contributed by atoms with Gasteiger partial charge in [0, 0.05) is 18.9 Å². The molecule has 0 aliphatic heterocycles. The van der Waals surface area contributed by atoms with Gasteiger partial charge in [0.15, 0.2) is 0 Å². The summed E-state index contributed by atoms with van der Waals surface area (Å²) >= 11 is 0. The van der Waals surface area contributed by atoms with Gasteiger partial charge in [0.05, 0.1) is 17.6 Å². The molecule has 0 amide bonds. The zero-order valence-electron chi connectivity index (χ0n) is 8.83. The Balaban J connectivity index is 2.13. The topological polar surface area (TPSA) is 37.8 Å². The first-order valence-corrected chi connectivity index (χ1v) is 5.02. The van der Waals surface area contributed by atoms with E-state index in [9.17, 15) is 13.2 Å². The second kappa shape index (κ2) is 4.67. The lowest BCUT2D eigenvalue weighted by molar-refractivity contribution is -0.125. The summed E-state index contributed by atoms with van der Waals surface area (Å²) in [5.41, 5.74) is 2.02. The molecule has 1 N–H and O–H groups in total. The molecule has 0 bridgehead atoms. The van der Waals surface area contributed by atoms with Crippen molar-refractivity contribution in [3.8, 4) is 0 Å². The van der Waals surface area contributed by atoms with Crippen LogP contribution in [0.25, 0.3) is 11.0 Å². The Bertz CT molecular complexity index is 505. The molecule has 0 saturated heterocycles. The van der Waals surface area contributed by atoms with Crippen molar-refractivity contribution >= 4 is 11.0 Å². The highest BCUT2D eigenvalue weighted by atomic mass is 19.4. The van der Waals surface area contributed by atoms with Crippen molar-refractivity contribution in [3.63, 3.8) is 0 Å². The molecule has 2 aromatic rings. The average molecular weight is 241 g/mol. The van der Waals surface area contributed by atoms with E-state index >= 15 is 0 Å². The van der Waals surface area contributed by atoms with E-state index in [-0.39, 0.29) is 6.54 Å². The third-order valence-electron chi connectivity index (χ3n) is 2.22. The van der Waals surface area contributed by atoms with Gasteiger partial charge in [0.1, 0.15) is 0 Å². The van der Waals surface area contributed by atoms with Crippen molar-refractivity contribution in [1.29, 1.82) is 0 Å². The van der Waals surface area contributed by atoms with Crippen molar-refractivity contribution in [2.24, 2.45) is 0 Å². The number of aromatic nitrogens is 2. The molecule has 0 atom stereocenters. The number of hydrogen-bond donors (Lipinski definition) is 1. The van der Waals surface area contributed by atoms with Gasteiger partial charge in [0.25, 0.3) is 0 Å². The molecule has 0 saturated carbocycles. The number of para-hydroxylation sites is 1. The lowest BCUT2D eigenvalue weighted by atomic mass is 10.1. The fourth-order valence-electron chi connectivity index (χ4n) is 1.53. The summed E-state index contributed by atoms with van der Waals surface area (Å²) in [6.07, 6.45) is -1.12. The molecule has 0 spiro atoms. The number of halogens is 3. The van der Waals surface area contributed by atoms with Crippen LogP contribution in [-0.2, 0) is 6.54 Å². The predicted octanol–water partition coefficient (Wildman–Crippen LogP) is 2.28. The van der Waals surface area contributed by atoms with E-state index in [1.165, 1.54) is 6.20 Å². The number of nitrogens with one attached hydrogen (secondary N) is 1. The minimum atomic E-state index is -4.20. The lowest BCUT2D eigenvalue weighted by Crippen LogP contribution is -2.28. The Morgan fingerprint density at radius 3 is 2.65 bits per heavy atom. The SMILES string of the molecule is FC(F)(F)CNCc1cccc2nccnc12. The third-order valence-corrected chi connectivity index (χ3v) is 2.22. The minimum absolute atomic E-state index is 0.121. The first-order valence-electron chi connectivity index (χ1n) is 5.02. The maximum Gasteiger partial charge on any atom is 0.401 e. The fraction of sp³-hybridized carbons (Fsp3) is 0.273. The summed E-state index contributed by atoms with van der Waals surface area (Å²) < 4.78 is 35.9. The Morgan fingerprint density at radius 2 is 1.88 bits per heavy atom. The number of nitrogens with zero attached hydrogens (tertiary/aromatic N) is 2. The largest absolute Gasteiger partial charge is 0.401 e. The normalized spacial score (nSPS) is 11.9. The number of fused-ring (bicyclic) bond motifs is 1. The first-order chi connectivity index (χ1) is 8.06. The first kappa shape index (κ1) is 11.8. The highest BCUT2D eigenvalue weighted by Crippen LogP contribution is 2.15. The zero-order valence-corrected chi connectivity index (χ0v) is 8.83. The molecule has 0 aliphatic rings. The third kappa shape index (κ3) is 3.13. The van der Waals surface area contributed by atoms with Gasteiger partial charge in [0.2, 0.25) is 0 Å². The highest BCUT2D eigenvalue weighted by Gasteiger charge is 2.26. The van der Waals surface area contributed by atoms with E-state index in [4.69, 9.17) is 0 Å². The van der Waals surface area contributed by atoms with Crippen LogP contribution in [-0.4, -0.2) is 22.7 Å². The second-order valence-corrected chi connectivity index (χ2v) is 3.56. The van der Waals surface area contributed by atoms with Gasteiger partial charge in [-0.25, -0.2) is 0 Å². The van der Waals surface area contributed by atoms with Gasteiger partial charge in [-0.2, -0.15) is 13.2 Å². The molecule has 17 heavy (non-hydrogen) atoms. The van der Waals surface area contributed by atoms with Crippen molar-refractivity contribution in [1.82, 2.24) is 15.3 Å². The van der Waals surface area contributed by atoms with E-state index in [2.05, 4.69) is 15.3 Å². The van der Waals surface area contributed by atoms with Gasteiger partial charge >= 0.3 is 6.18 Å². The van der Waals surface area contributed by atoms with Gasteiger partial charge < -0.3 is 5.32 Å². The van der Waals surface area contributed by atoms with Crippen LogP contribution in [0.1, 0.15) is 5.56 Å². The number of alkyl halides is 3. The van der Waals surface area contributed by atoms with Crippen LogP contribution >= 0.6 is 0 Å². The van der Waals surface area contributed by atoms with E-state index in [1.807, 2.05) is 0 Å². The summed E-state index contributed by atoms with van der Waals surface area (Å²) in [5.74, 6) is 0. The molecule has 0 aliphatic carbocycles. The maximum atomic E-state index is 12.0. The molecule has 90 valence electrons. The smallest absolute Gasteiger partial charge is 0.305 e. The summed E-state index contributed by atoms with van der Waals surface area (Å²) in [4.78, 5) is 8.20. The summed E-state index contributed by atoms with van der Waals surface area (Å²) in [6.45, 7) is -0.890. The second-order valence-electron chi connectivity index (χ2n) is 3.56. The maximum absolute atomic E-state index is 12.0. The van der Waals surface area contributed by atoms with E-state index in [0.29, 0.717) is 16.6 Å². The number of rotatable bonds is 3. The van der Waals surface area contributed by atoms with Crippen LogP contribution in [0.4, 0.5) is 13.2 Å². The van der Waals surface area contributed by atoms with Crippen molar-refractivity contribution < 1.29 is 13.2 Å². The molecule has 6 heteroatoms. The molecule has 1 aromatic carbocycles. The summed E-state index contributed by atoms with van der Waals surface area (Å²) in [7, 11) is 0. The van der Waals surface area contributed by atoms with E-state index in [0.717, 1.165) is 0 Å². The van der Waals surface area contributed by atoms with Crippen LogP contribution < -0.4 is 5.32 Å². The van der Waals surface area contributed by atoms with Crippen molar-refractivity contribution in [2.75, 3.05) is 6.54 Å². The monoisotopic (exact) mass is 241 g/mol. The van der Waals surface area contributed by atoms with Crippen LogP contribution in [0.15, 0.2) is 30.6 Å². The van der Waals surface area contributed by atoms with Gasteiger partial charge in [-0.1, -0.05) is 12.1 Å². The predicted molar refractivity (Wildman–Crippen MR) is 57.3 cm³/mol. The molecular weight excluding hydrogens is 231 g/mol. The molecule has 1 heterocycles. The van der Waals surface area contributed by atoms with Gasteiger partial charge in [-0.15, -0.1) is 0 Å². The Morgan fingerprint density at radius 1 is 1.12 bits per heavy atom. The summed E-state index contributed by atoms with van der Waals surface area (Å²) in [6, 6.07) is 5.26. The molecule has 0 radical (unpaired) electrons. The number of benzene rings is 1. The molecular formula is C11H10F3N3. The molecule has 1 aromatic heterocycles. The van der Waals surface area contributed by atoms with Gasteiger partial charge in [-0.05, 0) is 11.6 Å². The molecule has 0 fully saturated rings. The molecule has 0 unspecified atom stereocenters. The average Bonchev–Trinajstić information content (AvgIpc) is 2.28. The van der Waals surface area contributed by atoms with Crippen LogP contribution in [0.3, 0.4) is 0 Å². The fourth-order valence-corrected chi connectivity index (χ4v) is 1.53. The Hall–Kier alpha value is -1.69.